The number of nitrogens with zero attached hydrogens (tertiary/aromatic N) is 2. The Balaban J connectivity index is 1.62. The first-order valence-corrected chi connectivity index (χ1v) is 9.76. The van der Waals surface area contributed by atoms with Gasteiger partial charge in [-0.1, -0.05) is 24.8 Å². The van der Waals surface area contributed by atoms with Gasteiger partial charge in [0.15, 0.2) is 0 Å². The molecule has 0 aliphatic carbocycles. The van der Waals surface area contributed by atoms with Crippen LogP contribution in [-0.2, 0) is 16.1 Å². The summed E-state index contributed by atoms with van der Waals surface area (Å²) in [6, 6.07) is 7.33. The zero-order valence-electron chi connectivity index (χ0n) is 16.9. The Kier molecular flexibility index (Phi) is 6.81. The van der Waals surface area contributed by atoms with Crippen molar-refractivity contribution < 1.29 is 24.9 Å². The number of aliphatic hydroxyl groups excluding tert-OH is 1. The van der Waals surface area contributed by atoms with Gasteiger partial charge in [-0.25, -0.2) is 0 Å². The summed E-state index contributed by atoms with van der Waals surface area (Å²) in [5.41, 5.74) is 2.45. The number of morpholine rings is 1. The molecule has 0 spiro atoms. The molecule has 1 aromatic heterocycles. The number of ether oxygens (including phenoxy) is 1. The van der Waals surface area contributed by atoms with Gasteiger partial charge in [0.25, 0.3) is 5.91 Å². The largest absolute Gasteiger partial charge is 0.494 e. The number of allylic oxidation sites excluding steroid dienone is 1. The highest BCUT2D eigenvalue weighted by atomic mass is 16.5. The lowest BCUT2D eigenvalue weighted by molar-refractivity contribution is -0.125. The minimum absolute atomic E-state index is 0.00340. The van der Waals surface area contributed by atoms with Crippen molar-refractivity contribution in [3.05, 3.63) is 48.0 Å². The van der Waals surface area contributed by atoms with Crippen LogP contribution in [0.3, 0.4) is 0 Å². The maximum atomic E-state index is 11.9. The number of hydrogen-bond acceptors (Lipinski definition) is 6. The fourth-order valence-corrected chi connectivity index (χ4v) is 3.40. The number of benzene rings is 1. The van der Waals surface area contributed by atoms with Gasteiger partial charge in [0, 0.05) is 35.6 Å². The van der Waals surface area contributed by atoms with E-state index >= 15 is 0 Å². The predicted molar refractivity (Wildman–Crippen MR) is 117 cm³/mol. The van der Waals surface area contributed by atoms with Gasteiger partial charge in [0.2, 0.25) is 11.8 Å². The van der Waals surface area contributed by atoms with Gasteiger partial charge in [-0.15, -0.1) is 0 Å². The summed E-state index contributed by atoms with van der Waals surface area (Å²) in [6.07, 6.45) is 4.02. The van der Waals surface area contributed by atoms with E-state index in [0.717, 1.165) is 11.4 Å². The molecule has 1 amide bonds. The zero-order chi connectivity index (χ0) is 21.7. The normalized spacial score (nSPS) is 15.5. The average molecular weight is 413 g/mol. The molecule has 4 N–H and O–H groups in total. The smallest absolute Gasteiger partial charge is 0.253 e. The van der Waals surface area contributed by atoms with E-state index in [1.165, 1.54) is 10.6 Å². The number of aliphatic hydroxyl groups is 1. The van der Waals surface area contributed by atoms with Crippen molar-refractivity contribution in [3.8, 4) is 11.8 Å². The third-order valence-corrected chi connectivity index (χ3v) is 4.92. The minimum atomic E-state index is -0.870. The summed E-state index contributed by atoms with van der Waals surface area (Å²) in [5, 5.41) is 34.3. The summed E-state index contributed by atoms with van der Waals surface area (Å²) >= 11 is 0. The van der Waals surface area contributed by atoms with Gasteiger partial charge in [0.1, 0.15) is 6.61 Å². The number of amides is 1. The Morgan fingerprint density at radius 1 is 1.23 bits per heavy atom. The van der Waals surface area contributed by atoms with E-state index in [-0.39, 0.29) is 37.4 Å². The average Bonchev–Trinajstić information content (AvgIpc) is 2.97. The number of carbonyl (C=O) groups excluding carboxylic acids is 1. The highest BCUT2D eigenvalue weighted by Crippen LogP contribution is 2.35. The van der Waals surface area contributed by atoms with Crippen LogP contribution in [0.5, 0.6) is 11.8 Å². The van der Waals surface area contributed by atoms with Gasteiger partial charge in [-0.05, 0) is 31.2 Å². The minimum Gasteiger partial charge on any atom is -0.494 e. The molecule has 3 rings (SSSR count). The molecule has 30 heavy (non-hydrogen) atoms. The molecule has 1 aliphatic heterocycles. The molecule has 1 aromatic carbocycles. The van der Waals surface area contributed by atoms with E-state index in [2.05, 4.69) is 11.9 Å². The zero-order valence-corrected chi connectivity index (χ0v) is 16.9. The van der Waals surface area contributed by atoms with Crippen molar-refractivity contribution >= 4 is 29.4 Å². The van der Waals surface area contributed by atoms with Crippen LogP contribution >= 0.6 is 0 Å². The monoisotopic (exact) mass is 413 g/mol. The molecule has 2 aromatic rings. The Morgan fingerprint density at radius 2 is 1.93 bits per heavy atom. The van der Waals surface area contributed by atoms with Crippen LogP contribution < -0.4 is 10.2 Å². The number of anilines is 2. The molecule has 1 saturated heterocycles. The third kappa shape index (κ3) is 4.50. The van der Waals surface area contributed by atoms with Crippen LogP contribution in [0.25, 0.3) is 12.2 Å². The van der Waals surface area contributed by atoms with Crippen molar-refractivity contribution in [1.29, 1.82) is 0 Å². The number of carbonyl (C=O) groups is 1. The number of rotatable bonds is 8. The van der Waals surface area contributed by atoms with Crippen LogP contribution in [0.4, 0.5) is 11.4 Å². The Hall–Kier alpha value is -3.23. The molecule has 1 fully saturated rings. The lowest BCUT2D eigenvalue weighted by Crippen LogP contribution is -2.41. The second-order valence-electron chi connectivity index (χ2n) is 6.97. The van der Waals surface area contributed by atoms with Crippen LogP contribution in [0.15, 0.2) is 36.9 Å². The molecule has 0 bridgehead atoms. The second-order valence-corrected chi connectivity index (χ2v) is 6.97. The highest BCUT2D eigenvalue weighted by Gasteiger charge is 2.21. The molecule has 1 aliphatic rings. The SMILES string of the molecule is C=Cc1c(C=CC)c(O)n(CC(O)CNc2ccc(N3CCOCC3=O)cc2)c1O. The first kappa shape index (κ1) is 21.5. The van der Waals surface area contributed by atoms with Gasteiger partial charge in [0.05, 0.1) is 19.3 Å². The van der Waals surface area contributed by atoms with E-state index < -0.39 is 6.10 Å². The van der Waals surface area contributed by atoms with Crippen molar-refractivity contribution in [2.24, 2.45) is 0 Å². The number of hydrogen-bond donors (Lipinski definition) is 4. The van der Waals surface area contributed by atoms with Gasteiger partial charge in [-0.3, -0.25) is 9.36 Å². The summed E-state index contributed by atoms with van der Waals surface area (Å²) < 4.78 is 6.39. The second kappa shape index (κ2) is 9.51. The molecule has 1 unspecified atom stereocenters. The van der Waals surface area contributed by atoms with E-state index in [0.29, 0.717) is 24.3 Å². The third-order valence-electron chi connectivity index (χ3n) is 4.92. The first-order chi connectivity index (χ1) is 14.5. The van der Waals surface area contributed by atoms with Crippen molar-refractivity contribution in [2.45, 2.75) is 19.6 Å². The highest BCUT2D eigenvalue weighted by molar-refractivity contribution is 5.95. The lowest BCUT2D eigenvalue weighted by atomic mass is 10.2. The maximum absolute atomic E-state index is 11.9. The van der Waals surface area contributed by atoms with Gasteiger partial charge < -0.3 is 30.3 Å². The maximum Gasteiger partial charge on any atom is 0.253 e. The molecule has 160 valence electrons. The van der Waals surface area contributed by atoms with Crippen molar-refractivity contribution in [1.82, 2.24) is 4.57 Å². The number of aromatic hydroxyl groups is 2. The van der Waals surface area contributed by atoms with Crippen LogP contribution in [0.1, 0.15) is 18.1 Å². The van der Waals surface area contributed by atoms with E-state index in [9.17, 15) is 20.1 Å². The van der Waals surface area contributed by atoms with Crippen molar-refractivity contribution in [2.75, 3.05) is 36.5 Å². The Morgan fingerprint density at radius 3 is 2.57 bits per heavy atom. The molecule has 8 nitrogen and oxygen atoms in total. The van der Waals surface area contributed by atoms with Crippen molar-refractivity contribution in [3.63, 3.8) is 0 Å². The summed E-state index contributed by atoms with van der Waals surface area (Å²) in [4.78, 5) is 13.6. The Bertz CT molecular complexity index is 933. The quantitative estimate of drug-likeness (QED) is 0.530. The summed E-state index contributed by atoms with van der Waals surface area (Å²) in [6.45, 7) is 6.81. The van der Waals surface area contributed by atoms with E-state index in [1.807, 2.05) is 24.3 Å². The fourth-order valence-electron chi connectivity index (χ4n) is 3.40. The lowest BCUT2D eigenvalue weighted by Gasteiger charge is -2.27. The molecule has 0 radical (unpaired) electrons. The van der Waals surface area contributed by atoms with Crippen LogP contribution in [0.2, 0.25) is 0 Å². The van der Waals surface area contributed by atoms with Crippen LogP contribution in [0, 0.1) is 0 Å². The summed E-state index contributed by atoms with van der Waals surface area (Å²) in [5.74, 6) is -0.340. The van der Waals surface area contributed by atoms with E-state index in [1.54, 1.807) is 24.0 Å². The number of aromatic nitrogens is 1. The first-order valence-electron chi connectivity index (χ1n) is 9.76. The predicted octanol–water partition coefficient (Wildman–Crippen LogP) is 2.41. The molecule has 0 saturated carbocycles. The van der Waals surface area contributed by atoms with Gasteiger partial charge in [-0.2, -0.15) is 0 Å². The molecule has 1 atom stereocenters. The molecule has 8 heteroatoms. The van der Waals surface area contributed by atoms with Crippen LogP contribution in [-0.4, -0.2) is 58.2 Å². The van der Waals surface area contributed by atoms with Gasteiger partial charge >= 0.3 is 0 Å². The van der Waals surface area contributed by atoms with E-state index in [4.69, 9.17) is 4.74 Å². The molecular weight excluding hydrogens is 386 g/mol. The summed E-state index contributed by atoms with van der Waals surface area (Å²) in [7, 11) is 0. The fraction of sp³-hybridized carbons (Fsp3) is 0.318. The molecule has 2 heterocycles. The Labute approximate surface area is 175 Å². The number of nitrogens with one attached hydrogen (secondary N) is 1. The standard InChI is InChI=1S/C22H27N3O5/c1-3-5-19-18(4-2)21(28)25(22(19)29)13-17(26)12-23-15-6-8-16(9-7-15)24-10-11-30-14-20(24)27/h3-9,17,23,26,28-29H,2,10-14H2,1H3. The topological polar surface area (TPSA) is 107 Å². The molecular formula is C22H27N3O5.